The van der Waals surface area contributed by atoms with E-state index in [2.05, 4.69) is 43.5 Å². The van der Waals surface area contributed by atoms with Crippen LogP contribution in [0.15, 0.2) is 36.5 Å². The quantitative estimate of drug-likeness (QED) is 0.0261. The molecule has 0 spiro atoms. The fourth-order valence-electron chi connectivity index (χ4n) is 12.6. The van der Waals surface area contributed by atoms with Crippen molar-refractivity contribution in [2.24, 2.45) is 0 Å². The number of aliphatic hydroxyl groups excluding tert-OH is 5. The lowest BCUT2D eigenvalue weighted by Gasteiger charge is -2.40. The summed E-state index contributed by atoms with van der Waals surface area (Å²) in [5.74, 6) is -0.178. The van der Waals surface area contributed by atoms with Crippen LogP contribution < -0.4 is 5.32 Å². The summed E-state index contributed by atoms with van der Waals surface area (Å²) in [6, 6.07) is -0.822. The molecule has 1 saturated heterocycles. The molecule has 0 aliphatic carbocycles. The number of nitrogens with one attached hydrogen (secondary N) is 1. The average molecular weight is 1230 g/mol. The van der Waals surface area contributed by atoms with Crippen molar-refractivity contribution in [3.8, 4) is 0 Å². The Morgan fingerprint density at radius 1 is 0.379 bits per heavy atom. The standard InChI is InChI=1S/C78H149NO8/c1-3-5-7-9-11-13-15-17-19-21-23-25-27-29-30-31-32-33-34-35-36-37-38-39-40-41-42-44-46-48-50-52-54-56-58-60-62-64-66-68-74(82)79-71(70-86-78-77(85)76(84)75(83)73(69-80)87-78)72(81)67-65-63-61-59-57-55-53-51-49-47-45-43-28-26-24-22-20-18-16-14-12-10-8-6-4-2/h21,23,57,59,65,67,71-73,75-78,80-81,83-85H,3-20,22,24-56,58,60-64,66,68-70H2,1-2H3,(H,79,82)/b23-21-,59-57+,67-65+. The van der Waals surface area contributed by atoms with Gasteiger partial charge >= 0.3 is 0 Å². The number of hydrogen-bond acceptors (Lipinski definition) is 8. The zero-order chi connectivity index (χ0) is 62.8. The number of hydrogen-bond donors (Lipinski definition) is 6. The predicted molar refractivity (Wildman–Crippen MR) is 373 cm³/mol. The van der Waals surface area contributed by atoms with Crippen molar-refractivity contribution in [1.29, 1.82) is 0 Å². The Morgan fingerprint density at radius 3 is 0.966 bits per heavy atom. The van der Waals surface area contributed by atoms with Crippen molar-refractivity contribution in [1.82, 2.24) is 5.32 Å². The second-order valence-electron chi connectivity index (χ2n) is 27.1. The number of carbonyl (C=O) groups is 1. The lowest BCUT2D eigenvalue weighted by Crippen LogP contribution is -2.60. The van der Waals surface area contributed by atoms with Crippen LogP contribution in [0.25, 0.3) is 0 Å². The van der Waals surface area contributed by atoms with Gasteiger partial charge in [-0.05, 0) is 57.8 Å². The van der Waals surface area contributed by atoms with E-state index in [0.717, 1.165) is 38.5 Å². The predicted octanol–water partition coefficient (Wildman–Crippen LogP) is 21.8. The maximum atomic E-state index is 13.1. The fraction of sp³-hybridized carbons (Fsp3) is 0.910. The van der Waals surface area contributed by atoms with Crippen molar-refractivity contribution in [3.63, 3.8) is 0 Å². The number of carbonyl (C=O) groups excluding carboxylic acids is 1. The first-order valence-corrected chi connectivity index (χ1v) is 38.7. The lowest BCUT2D eigenvalue weighted by molar-refractivity contribution is -0.302. The molecule has 0 bridgehead atoms. The summed E-state index contributed by atoms with van der Waals surface area (Å²) in [7, 11) is 0. The third-order valence-electron chi connectivity index (χ3n) is 18.7. The van der Waals surface area contributed by atoms with Crippen molar-refractivity contribution < 1.29 is 39.8 Å². The van der Waals surface area contributed by atoms with Gasteiger partial charge in [-0.1, -0.05) is 371 Å². The van der Waals surface area contributed by atoms with E-state index in [1.54, 1.807) is 6.08 Å². The number of ether oxygens (including phenoxy) is 2. The first-order chi connectivity index (χ1) is 42.8. The molecule has 87 heavy (non-hydrogen) atoms. The first kappa shape index (κ1) is 83.4. The lowest BCUT2D eigenvalue weighted by atomic mass is 9.99. The molecule has 514 valence electrons. The molecule has 7 atom stereocenters. The van der Waals surface area contributed by atoms with Crippen LogP contribution in [0.1, 0.15) is 399 Å². The molecule has 6 N–H and O–H groups in total. The molecule has 0 saturated carbocycles. The SMILES string of the molecule is CCCCCCCCCC/C=C\CCCCCCCCCCCCCCCCCCCCCCCCCCCCCC(=O)NC(COC1OC(CO)C(O)C(O)C1O)C(O)/C=C/CC/C=C/CCCCCCCCCCCCCCCCCCCCC. The van der Waals surface area contributed by atoms with Gasteiger partial charge in [0.25, 0.3) is 0 Å². The molecule has 1 amide bonds. The van der Waals surface area contributed by atoms with Gasteiger partial charge in [0.1, 0.15) is 24.4 Å². The molecule has 0 aromatic rings. The minimum atomic E-state index is -1.57. The summed E-state index contributed by atoms with van der Waals surface area (Å²) < 4.78 is 11.3. The van der Waals surface area contributed by atoms with Crippen LogP contribution in [0.2, 0.25) is 0 Å². The largest absolute Gasteiger partial charge is 0.394 e. The number of amides is 1. The Morgan fingerprint density at radius 2 is 0.655 bits per heavy atom. The number of rotatable bonds is 69. The van der Waals surface area contributed by atoms with Crippen LogP contribution in [0, 0.1) is 0 Å². The molecule has 1 rings (SSSR count). The van der Waals surface area contributed by atoms with E-state index in [4.69, 9.17) is 9.47 Å². The van der Waals surface area contributed by atoms with Crippen LogP contribution in [0.3, 0.4) is 0 Å². The fourth-order valence-corrected chi connectivity index (χ4v) is 12.6. The summed E-state index contributed by atoms with van der Waals surface area (Å²) in [4.78, 5) is 13.1. The summed E-state index contributed by atoms with van der Waals surface area (Å²) in [5.41, 5.74) is 0. The van der Waals surface area contributed by atoms with E-state index in [9.17, 15) is 30.3 Å². The van der Waals surface area contributed by atoms with Gasteiger partial charge < -0.3 is 40.3 Å². The highest BCUT2D eigenvalue weighted by atomic mass is 16.7. The topological polar surface area (TPSA) is 149 Å². The molecule has 7 unspecified atom stereocenters. The van der Waals surface area contributed by atoms with Gasteiger partial charge in [0.15, 0.2) is 6.29 Å². The molecular weight excluding hydrogens is 1080 g/mol. The molecule has 9 nitrogen and oxygen atoms in total. The van der Waals surface area contributed by atoms with E-state index in [0.29, 0.717) is 6.42 Å². The van der Waals surface area contributed by atoms with E-state index < -0.39 is 49.5 Å². The molecule has 1 aliphatic rings. The van der Waals surface area contributed by atoms with Gasteiger partial charge in [0.2, 0.25) is 5.91 Å². The monoisotopic (exact) mass is 1230 g/mol. The van der Waals surface area contributed by atoms with Gasteiger partial charge in [0, 0.05) is 6.42 Å². The smallest absolute Gasteiger partial charge is 0.220 e. The van der Waals surface area contributed by atoms with Gasteiger partial charge in [-0.2, -0.15) is 0 Å². The molecule has 9 heteroatoms. The molecule has 0 aromatic carbocycles. The molecule has 0 aromatic heterocycles. The van der Waals surface area contributed by atoms with E-state index >= 15 is 0 Å². The zero-order valence-electron chi connectivity index (χ0n) is 57.8. The van der Waals surface area contributed by atoms with E-state index in [1.807, 2.05) is 6.08 Å². The highest BCUT2D eigenvalue weighted by Crippen LogP contribution is 2.24. The maximum absolute atomic E-state index is 13.1. The van der Waals surface area contributed by atoms with Gasteiger partial charge in [-0.25, -0.2) is 0 Å². The number of aliphatic hydroxyl groups is 5. The minimum absolute atomic E-state index is 0.178. The molecule has 1 heterocycles. The van der Waals surface area contributed by atoms with Gasteiger partial charge in [0.05, 0.1) is 25.4 Å². The zero-order valence-corrected chi connectivity index (χ0v) is 57.8. The Kier molecular flexibility index (Phi) is 64.5. The van der Waals surface area contributed by atoms with Crippen LogP contribution in [0.5, 0.6) is 0 Å². The first-order valence-electron chi connectivity index (χ1n) is 38.7. The van der Waals surface area contributed by atoms with E-state index in [-0.39, 0.29) is 12.5 Å². The third kappa shape index (κ3) is 55.7. The normalized spacial score (nSPS) is 18.1. The highest BCUT2D eigenvalue weighted by Gasteiger charge is 2.44. The van der Waals surface area contributed by atoms with Crippen molar-refractivity contribution in [2.45, 2.75) is 442 Å². The van der Waals surface area contributed by atoms with Crippen molar-refractivity contribution in [3.05, 3.63) is 36.5 Å². The highest BCUT2D eigenvalue weighted by molar-refractivity contribution is 5.76. The Labute approximate surface area is 540 Å². The number of unbranched alkanes of at least 4 members (excludes halogenated alkanes) is 55. The average Bonchev–Trinajstić information content (AvgIpc) is 3.38. The van der Waals surface area contributed by atoms with Gasteiger partial charge in [-0.15, -0.1) is 0 Å². The van der Waals surface area contributed by atoms with Crippen LogP contribution in [-0.4, -0.2) is 87.5 Å². The molecule has 0 radical (unpaired) electrons. The molecular formula is C78H149NO8. The third-order valence-corrected chi connectivity index (χ3v) is 18.7. The minimum Gasteiger partial charge on any atom is -0.394 e. The van der Waals surface area contributed by atoms with Crippen LogP contribution in [-0.2, 0) is 14.3 Å². The van der Waals surface area contributed by atoms with Crippen LogP contribution in [0.4, 0.5) is 0 Å². The van der Waals surface area contributed by atoms with E-state index in [1.165, 1.54) is 340 Å². The van der Waals surface area contributed by atoms with Crippen LogP contribution >= 0.6 is 0 Å². The van der Waals surface area contributed by atoms with Crippen molar-refractivity contribution >= 4 is 5.91 Å². The Bertz CT molecular complexity index is 1470. The number of allylic oxidation sites excluding steroid dienone is 5. The van der Waals surface area contributed by atoms with Gasteiger partial charge in [-0.3, -0.25) is 4.79 Å². The summed E-state index contributed by atoms with van der Waals surface area (Å²) in [6.07, 6.45) is 84.4. The van der Waals surface area contributed by atoms with Crippen molar-refractivity contribution in [2.75, 3.05) is 13.2 Å². The maximum Gasteiger partial charge on any atom is 0.220 e. The second-order valence-corrected chi connectivity index (χ2v) is 27.1. The summed E-state index contributed by atoms with van der Waals surface area (Å²) >= 11 is 0. The molecule has 1 aliphatic heterocycles. The summed E-state index contributed by atoms with van der Waals surface area (Å²) in [5, 5.41) is 54.8. The molecule has 1 fully saturated rings. The second kappa shape index (κ2) is 67.3. The summed E-state index contributed by atoms with van der Waals surface area (Å²) in [6.45, 7) is 3.82. The Hall–Kier alpha value is -1.59. The Balaban J connectivity index is 2.06.